The van der Waals surface area contributed by atoms with Crippen LogP contribution in [0.5, 0.6) is 5.75 Å². The molecule has 0 saturated carbocycles. The van der Waals surface area contributed by atoms with E-state index in [1.54, 1.807) is 22.7 Å². The number of piperidine rings is 1. The first-order valence-electron chi connectivity index (χ1n) is 15.1. The molecule has 4 aromatic rings. The van der Waals surface area contributed by atoms with Crippen molar-refractivity contribution in [1.82, 2.24) is 9.47 Å². The predicted octanol–water partition coefficient (Wildman–Crippen LogP) is 5.09. The van der Waals surface area contributed by atoms with E-state index in [-0.39, 0.29) is 11.5 Å². The average molecular weight is 599 g/mol. The Morgan fingerprint density at radius 1 is 1.12 bits per heavy atom. The van der Waals surface area contributed by atoms with E-state index in [4.69, 9.17) is 14.1 Å². The minimum absolute atomic E-state index is 0.132. The maximum absolute atomic E-state index is 14.3. The molecule has 9 heteroatoms. The fourth-order valence-corrected chi connectivity index (χ4v) is 7.26. The van der Waals surface area contributed by atoms with Crippen molar-refractivity contribution in [2.45, 2.75) is 46.6 Å². The third-order valence-electron chi connectivity index (χ3n) is 8.71. The maximum Gasteiger partial charge on any atom is 0.271 e. The predicted molar refractivity (Wildman–Crippen MR) is 172 cm³/mol. The minimum Gasteiger partial charge on any atom is -0.496 e. The summed E-state index contributed by atoms with van der Waals surface area (Å²) in [6.45, 7) is 11.1. The van der Waals surface area contributed by atoms with Crippen molar-refractivity contribution in [1.29, 1.82) is 0 Å². The number of methoxy groups -OCH3 is 1. The van der Waals surface area contributed by atoms with Crippen LogP contribution in [0, 0.1) is 5.92 Å². The van der Waals surface area contributed by atoms with Gasteiger partial charge in [0.1, 0.15) is 17.6 Å². The SMILES string of the molecule is CCN(CC)C(=O)C1=C(C)N=c2s/c(=C\c3ccc(N4CCC(C)CC4)o3)c(=O)n2[C@H]1c1c(OC)ccc2ccccc12. The Morgan fingerprint density at radius 2 is 1.86 bits per heavy atom. The molecule has 4 heterocycles. The quantitative estimate of drug-likeness (QED) is 0.296. The number of benzene rings is 2. The lowest BCUT2D eigenvalue weighted by molar-refractivity contribution is -0.127. The number of thiazole rings is 1. The standard InChI is InChI=1S/C34H38N4O4S/c1-6-36(7-2)33(40)29-22(4)35-34-38(31(29)30-25-11-9-8-10-23(25)12-14-26(30)41-5)32(39)27(43-34)20-24-13-15-28(42-24)37-18-16-21(3)17-19-37/h8-15,20-21,31H,6-7,16-19H2,1-5H3/b27-20-/t31-/m1/s1. The van der Waals surface area contributed by atoms with Crippen LogP contribution < -0.4 is 24.5 Å². The number of fused-ring (bicyclic) bond motifs is 2. The number of nitrogens with zero attached hydrogens (tertiary/aromatic N) is 4. The van der Waals surface area contributed by atoms with E-state index in [0.29, 0.717) is 45.2 Å². The van der Waals surface area contributed by atoms with Crippen LogP contribution in [0.4, 0.5) is 5.88 Å². The third-order valence-corrected chi connectivity index (χ3v) is 9.69. The van der Waals surface area contributed by atoms with Gasteiger partial charge < -0.3 is 19.0 Å². The number of allylic oxidation sites excluding steroid dienone is 1. The van der Waals surface area contributed by atoms with E-state index >= 15 is 0 Å². The smallest absolute Gasteiger partial charge is 0.271 e. The highest BCUT2D eigenvalue weighted by atomic mass is 32.1. The molecule has 2 aliphatic heterocycles. The molecule has 6 rings (SSSR count). The number of furan rings is 1. The second-order valence-corrected chi connectivity index (χ2v) is 12.3. The van der Waals surface area contributed by atoms with Gasteiger partial charge in [-0.2, -0.15) is 0 Å². The fraction of sp³-hybridized carbons (Fsp3) is 0.382. The van der Waals surface area contributed by atoms with Crippen molar-refractivity contribution in [2.24, 2.45) is 10.9 Å². The number of hydrogen-bond acceptors (Lipinski definition) is 7. The van der Waals surface area contributed by atoms with E-state index in [1.807, 2.05) is 69.3 Å². The summed E-state index contributed by atoms with van der Waals surface area (Å²) in [4.78, 5) is 37.8. The van der Waals surface area contributed by atoms with Gasteiger partial charge in [0.05, 0.1) is 22.9 Å². The second-order valence-electron chi connectivity index (χ2n) is 11.3. The number of aromatic nitrogens is 1. The molecule has 1 amide bonds. The summed E-state index contributed by atoms with van der Waals surface area (Å²) in [7, 11) is 1.62. The molecule has 0 spiro atoms. The molecule has 1 fully saturated rings. The van der Waals surface area contributed by atoms with Gasteiger partial charge in [0, 0.05) is 43.9 Å². The molecule has 43 heavy (non-hydrogen) atoms. The Hall–Kier alpha value is -4.11. The molecule has 2 aliphatic rings. The molecule has 0 bridgehead atoms. The van der Waals surface area contributed by atoms with E-state index in [2.05, 4.69) is 11.8 Å². The Kier molecular flexibility index (Phi) is 8.01. The van der Waals surface area contributed by atoms with Crippen molar-refractivity contribution in [2.75, 3.05) is 38.2 Å². The van der Waals surface area contributed by atoms with Crippen LogP contribution in [0.15, 0.2) is 74.0 Å². The number of amides is 1. The molecular formula is C34H38N4O4S. The molecule has 224 valence electrons. The Labute approximate surface area is 255 Å². The van der Waals surface area contributed by atoms with Gasteiger partial charge in [-0.25, -0.2) is 4.99 Å². The first kappa shape index (κ1) is 29.0. The number of carbonyl (C=O) groups is 1. The van der Waals surface area contributed by atoms with E-state index in [0.717, 1.165) is 54.1 Å². The van der Waals surface area contributed by atoms with E-state index in [1.165, 1.54) is 11.3 Å². The van der Waals surface area contributed by atoms with Crippen LogP contribution in [-0.4, -0.2) is 48.7 Å². The highest BCUT2D eigenvalue weighted by molar-refractivity contribution is 7.07. The van der Waals surface area contributed by atoms with Crippen LogP contribution in [0.2, 0.25) is 0 Å². The molecule has 1 atom stereocenters. The van der Waals surface area contributed by atoms with Crippen LogP contribution in [0.25, 0.3) is 16.8 Å². The van der Waals surface area contributed by atoms with E-state index < -0.39 is 6.04 Å². The van der Waals surface area contributed by atoms with Gasteiger partial charge in [-0.15, -0.1) is 0 Å². The summed E-state index contributed by atoms with van der Waals surface area (Å²) in [5, 5.41) is 1.92. The summed E-state index contributed by atoms with van der Waals surface area (Å²) in [5.74, 6) is 2.65. The number of carbonyl (C=O) groups excluding carboxylic acids is 1. The van der Waals surface area contributed by atoms with Crippen LogP contribution >= 0.6 is 11.3 Å². The van der Waals surface area contributed by atoms with Crippen molar-refractivity contribution >= 4 is 40.0 Å². The Morgan fingerprint density at radius 3 is 2.58 bits per heavy atom. The van der Waals surface area contributed by atoms with E-state index in [9.17, 15) is 9.59 Å². The maximum atomic E-state index is 14.3. The molecule has 0 radical (unpaired) electrons. The summed E-state index contributed by atoms with van der Waals surface area (Å²) in [6, 6.07) is 15.1. The van der Waals surface area contributed by atoms with Crippen molar-refractivity contribution in [3.8, 4) is 5.75 Å². The molecule has 8 nitrogen and oxygen atoms in total. The lowest BCUT2D eigenvalue weighted by Gasteiger charge is -2.30. The number of likely N-dealkylation sites (N-methyl/N-ethyl adjacent to an activating group) is 1. The van der Waals surface area contributed by atoms with Crippen molar-refractivity contribution < 1.29 is 13.9 Å². The fourth-order valence-electron chi connectivity index (χ4n) is 6.23. The molecule has 0 unspecified atom stereocenters. The number of anilines is 1. The highest BCUT2D eigenvalue weighted by Crippen LogP contribution is 2.40. The summed E-state index contributed by atoms with van der Waals surface area (Å²) in [5.41, 5.74) is 1.64. The van der Waals surface area contributed by atoms with Crippen LogP contribution in [0.3, 0.4) is 0 Å². The van der Waals surface area contributed by atoms with Gasteiger partial charge in [-0.05, 0) is 62.4 Å². The highest BCUT2D eigenvalue weighted by Gasteiger charge is 2.36. The topological polar surface area (TPSA) is 80.3 Å². The zero-order valence-corrected chi connectivity index (χ0v) is 26.2. The lowest BCUT2D eigenvalue weighted by Crippen LogP contribution is -2.43. The van der Waals surface area contributed by atoms with Gasteiger partial charge in [-0.1, -0.05) is 48.6 Å². The van der Waals surface area contributed by atoms with Crippen LogP contribution in [0.1, 0.15) is 57.9 Å². The first-order chi connectivity index (χ1) is 20.8. The summed E-state index contributed by atoms with van der Waals surface area (Å²) in [6.07, 6.45) is 4.07. The minimum atomic E-state index is -0.713. The second kappa shape index (κ2) is 11.9. The number of ether oxygens (including phenoxy) is 1. The molecule has 1 saturated heterocycles. The molecule has 0 N–H and O–H groups in total. The largest absolute Gasteiger partial charge is 0.496 e. The van der Waals surface area contributed by atoms with Crippen molar-refractivity contribution in [3.05, 3.63) is 90.8 Å². The Bertz CT molecular complexity index is 1890. The normalized spacial score (nSPS) is 17.7. The van der Waals surface area contributed by atoms with Gasteiger partial charge in [0.15, 0.2) is 10.7 Å². The summed E-state index contributed by atoms with van der Waals surface area (Å²) < 4.78 is 14.3. The van der Waals surface area contributed by atoms with Gasteiger partial charge in [0.2, 0.25) is 0 Å². The lowest BCUT2D eigenvalue weighted by atomic mass is 9.90. The first-order valence-corrected chi connectivity index (χ1v) is 15.9. The van der Waals surface area contributed by atoms with Gasteiger partial charge in [-0.3, -0.25) is 14.2 Å². The Balaban J connectivity index is 1.54. The average Bonchev–Trinajstić information content (AvgIpc) is 3.60. The molecule has 2 aromatic heterocycles. The molecule has 2 aromatic carbocycles. The monoisotopic (exact) mass is 598 g/mol. The van der Waals surface area contributed by atoms with Gasteiger partial charge in [0.25, 0.3) is 11.5 Å². The summed E-state index contributed by atoms with van der Waals surface area (Å²) >= 11 is 1.31. The van der Waals surface area contributed by atoms with Crippen molar-refractivity contribution in [3.63, 3.8) is 0 Å². The van der Waals surface area contributed by atoms with Crippen LogP contribution in [-0.2, 0) is 4.79 Å². The van der Waals surface area contributed by atoms with Gasteiger partial charge >= 0.3 is 0 Å². The zero-order chi connectivity index (χ0) is 30.2. The number of rotatable bonds is 7. The third kappa shape index (κ3) is 5.20. The zero-order valence-electron chi connectivity index (χ0n) is 25.4. The molecular weight excluding hydrogens is 560 g/mol. The molecule has 0 aliphatic carbocycles. The number of hydrogen-bond donors (Lipinski definition) is 0.